The maximum absolute atomic E-state index is 11.2. The molecule has 15 heavy (non-hydrogen) atoms. The lowest BCUT2D eigenvalue weighted by Crippen LogP contribution is -1.96. The molecule has 1 N–H and O–H groups in total. The van der Waals surface area contributed by atoms with Crippen LogP contribution in [0.5, 0.6) is 0 Å². The van der Waals surface area contributed by atoms with Gasteiger partial charge in [0.2, 0.25) is 0 Å². The van der Waals surface area contributed by atoms with E-state index in [1.165, 1.54) is 25.7 Å². The summed E-state index contributed by atoms with van der Waals surface area (Å²) in [7, 11) is 0. The number of aliphatic hydroxyl groups is 1. The van der Waals surface area contributed by atoms with Gasteiger partial charge >= 0.3 is 0 Å². The standard InChI is InChI=1S/C13H26O2/c1-2-10-13(15)11-8-6-4-3-5-7-9-12-14/h14H,2-12H2,1H3. The predicted octanol–water partition coefficient (Wildman–Crippen LogP) is 3.47. The van der Waals surface area contributed by atoms with E-state index in [9.17, 15) is 4.79 Å². The largest absolute Gasteiger partial charge is 0.396 e. The van der Waals surface area contributed by atoms with Gasteiger partial charge in [-0.1, -0.05) is 39.0 Å². The first-order chi connectivity index (χ1) is 7.31. The molecule has 0 fully saturated rings. The van der Waals surface area contributed by atoms with Crippen molar-refractivity contribution in [1.82, 2.24) is 0 Å². The van der Waals surface area contributed by atoms with Crippen LogP contribution in [0, 0.1) is 0 Å². The number of ketones is 1. The molecule has 0 heterocycles. The maximum Gasteiger partial charge on any atom is 0.132 e. The average molecular weight is 214 g/mol. The topological polar surface area (TPSA) is 37.3 Å². The molecular weight excluding hydrogens is 188 g/mol. The van der Waals surface area contributed by atoms with Gasteiger partial charge in [0, 0.05) is 19.4 Å². The highest BCUT2D eigenvalue weighted by atomic mass is 16.2. The summed E-state index contributed by atoms with van der Waals surface area (Å²) in [5.74, 6) is 0.429. The van der Waals surface area contributed by atoms with Crippen LogP contribution < -0.4 is 0 Å². The monoisotopic (exact) mass is 214 g/mol. The van der Waals surface area contributed by atoms with Crippen LogP contribution in [0.25, 0.3) is 0 Å². The van der Waals surface area contributed by atoms with Crippen LogP contribution in [0.15, 0.2) is 0 Å². The lowest BCUT2D eigenvalue weighted by Gasteiger charge is -2.01. The third-order valence-corrected chi connectivity index (χ3v) is 2.64. The molecular formula is C13H26O2. The summed E-state index contributed by atoms with van der Waals surface area (Å²) in [5, 5.41) is 8.58. The number of rotatable bonds is 11. The second kappa shape index (κ2) is 11.7. The summed E-state index contributed by atoms with van der Waals surface area (Å²) in [5.41, 5.74) is 0. The van der Waals surface area contributed by atoms with E-state index >= 15 is 0 Å². The lowest BCUT2D eigenvalue weighted by molar-refractivity contribution is -0.119. The second-order valence-corrected chi connectivity index (χ2v) is 4.24. The Kier molecular flexibility index (Phi) is 11.4. The fourth-order valence-corrected chi connectivity index (χ4v) is 1.72. The Labute approximate surface area is 94.1 Å². The van der Waals surface area contributed by atoms with Crippen LogP contribution >= 0.6 is 0 Å². The summed E-state index contributed by atoms with van der Waals surface area (Å²) < 4.78 is 0. The van der Waals surface area contributed by atoms with Gasteiger partial charge in [-0.15, -0.1) is 0 Å². The zero-order valence-corrected chi connectivity index (χ0v) is 10.1. The minimum Gasteiger partial charge on any atom is -0.396 e. The molecule has 0 rings (SSSR count). The molecule has 0 unspecified atom stereocenters. The smallest absolute Gasteiger partial charge is 0.132 e. The minimum atomic E-state index is 0.325. The quantitative estimate of drug-likeness (QED) is 0.535. The minimum absolute atomic E-state index is 0.325. The van der Waals surface area contributed by atoms with E-state index < -0.39 is 0 Å². The molecule has 0 aromatic rings. The van der Waals surface area contributed by atoms with Crippen molar-refractivity contribution in [2.45, 2.75) is 71.1 Å². The van der Waals surface area contributed by atoms with E-state index in [0.717, 1.165) is 38.5 Å². The molecule has 2 heteroatoms. The van der Waals surface area contributed by atoms with Gasteiger partial charge in [-0.05, 0) is 19.3 Å². The average Bonchev–Trinajstić information content (AvgIpc) is 2.22. The van der Waals surface area contributed by atoms with Crippen molar-refractivity contribution in [2.75, 3.05) is 6.61 Å². The van der Waals surface area contributed by atoms with Gasteiger partial charge in [0.25, 0.3) is 0 Å². The van der Waals surface area contributed by atoms with E-state index in [2.05, 4.69) is 6.92 Å². The molecule has 0 saturated carbocycles. The molecule has 0 aromatic heterocycles. The molecule has 0 saturated heterocycles. The van der Waals surface area contributed by atoms with Gasteiger partial charge in [-0.25, -0.2) is 0 Å². The van der Waals surface area contributed by atoms with Crippen LogP contribution in [-0.4, -0.2) is 17.5 Å². The van der Waals surface area contributed by atoms with E-state index in [4.69, 9.17) is 5.11 Å². The molecule has 2 nitrogen and oxygen atoms in total. The van der Waals surface area contributed by atoms with Crippen molar-refractivity contribution in [3.63, 3.8) is 0 Å². The Morgan fingerprint density at radius 3 is 1.93 bits per heavy atom. The summed E-state index contributed by atoms with van der Waals surface area (Å²) >= 11 is 0. The number of hydrogen-bond acceptors (Lipinski definition) is 2. The number of hydrogen-bond donors (Lipinski definition) is 1. The Morgan fingerprint density at radius 1 is 0.867 bits per heavy atom. The summed E-state index contributed by atoms with van der Waals surface area (Å²) in [6.07, 6.45) is 10.6. The van der Waals surface area contributed by atoms with Crippen molar-refractivity contribution >= 4 is 5.78 Å². The molecule has 0 spiro atoms. The van der Waals surface area contributed by atoms with E-state index in [0.29, 0.717) is 12.4 Å². The molecule has 0 aromatic carbocycles. The van der Waals surface area contributed by atoms with Crippen molar-refractivity contribution in [3.8, 4) is 0 Å². The summed E-state index contributed by atoms with van der Waals surface area (Å²) in [6.45, 7) is 2.38. The van der Waals surface area contributed by atoms with Crippen molar-refractivity contribution < 1.29 is 9.90 Å². The van der Waals surface area contributed by atoms with Crippen LogP contribution in [0.2, 0.25) is 0 Å². The van der Waals surface area contributed by atoms with Gasteiger partial charge in [0.05, 0.1) is 0 Å². The normalized spacial score (nSPS) is 10.5. The number of unbranched alkanes of at least 4 members (excludes halogenated alkanes) is 6. The van der Waals surface area contributed by atoms with Crippen LogP contribution in [0.1, 0.15) is 71.1 Å². The Balaban J connectivity index is 3.01. The van der Waals surface area contributed by atoms with E-state index in [-0.39, 0.29) is 0 Å². The zero-order valence-electron chi connectivity index (χ0n) is 10.1. The highest BCUT2D eigenvalue weighted by Gasteiger charge is 1.99. The van der Waals surface area contributed by atoms with Crippen LogP contribution in [0.3, 0.4) is 0 Å². The van der Waals surface area contributed by atoms with Crippen LogP contribution in [0.4, 0.5) is 0 Å². The van der Waals surface area contributed by atoms with Gasteiger partial charge in [0.1, 0.15) is 5.78 Å². The third-order valence-electron chi connectivity index (χ3n) is 2.64. The van der Waals surface area contributed by atoms with E-state index in [1.54, 1.807) is 0 Å². The Morgan fingerprint density at radius 2 is 1.40 bits per heavy atom. The molecule has 0 atom stereocenters. The van der Waals surface area contributed by atoms with Gasteiger partial charge < -0.3 is 5.11 Å². The number of Topliss-reactive ketones (excluding diaryl/α,β-unsaturated/α-hetero) is 1. The van der Waals surface area contributed by atoms with Crippen LogP contribution in [-0.2, 0) is 4.79 Å². The summed E-state index contributed by atoms with van der Waals surface area (Å²) in [6, 6.07) is 0. The van der Waals surface area contributed by atoms with Gasteiger partial charge in [-0.3, -0.25) is 4.79 Å². The first-order valence-electron chi connectivity index (χ1n) is 6.43. The molecule has 90 valence electrons. The number of carbonyl (C=O) groups is 1. The van der Waals surface area contributed by atoms with Crippen molar-refractivity contribution in [3.05, 3.63) is 0 Å². The van der Waals surface area contributed by atoms with Crippen molar-refractivity contribution in [2.24, 2.45) is 0 Å². The predicted molar refractivity (Wildman–Crippen MR) is 63.9 cm³/mol. The zero-order chi connectivity index (χ0) is 11.4. The molecule has 0 amide bonds. The fourth-order valence-electron chi connectivity index (χ4n) is 1.72. The highest BCUT2D eigenvalue weighted by molar-refractivity contribution is 5.78. The molecule has 0 radical (unpaired) electrons. The molecule has 0 bridgehead atoms. The SMILES string of the molecule is CCCC(=O)CCCCCCCCCO. The lowest BCUT2D eigenvalue weighted by atomic mass is 10.1. The third kappa shape index (κ3) is 11.6. The number of aliphatic hydroxyl groups excluding tert-OH is 1. The molecule has 0 aliphatic carbocycles. The number of carbonyl (C=O) groups excluding carboxylic acids is 1. The van der Waals surface area contributed by atoms with E-state index in [1.807, 2.05) is 0 Å². The first-order valence-corrected chi connectivity index (χ1v) is 6.43. The summed E-state index contributed by atoms with van der Waals surface area (Å²) in [4.78, 5) is 11.2. The maximum atomic E-state index is 11.2. The highest BCUT2D eigenvalue weighted by Crippen LogP contribution is 2.09. The van der Waals surface area contributed by atoms with Crippen molar-refractivity contribution in [1.29, 1.82) is 0 Å². The molecule has 0 aliphatic rings. The van der Waals surface area contributed by atoms with Gasteiger partial charge in [0.15, 0.2) is 0 Å². The second-order valence-electron chi connectivity index (χ2n) is 4.24. The first kappa shape index (κ1) is 14.6. The van der Waals surface area contributed by atoms with Gasteiger partial charge in [-0.2, -0.15) is 0 Å². The fraction of sp³-hybridized carbons (Fsp3) is 0.923. The molecule has 0 aliphatic heterocycles. The Bertz CT molecular complexity index is 143. The Hall–Kier alpha value is -0.370.